The molecule has 4 rings (SSSR count). The highest BCUT2D eigenvalue weighted by Gasteiger charge is 2.08. The molecule has 0 saturated carbocycles. The van der Waals surface area contributed by atoms with Crippen LogP contribution < -0.4 is 28.5 Å². The van der Waals surface area contributed by atoms with Gasteiger partial charge in [-0.15, -0.1) is 0 Å². The predicted octanol–water partition coefficient (Wildman–Crippen LogP) is 0.0559. The molecule has 0 unspecified atom stereocenters. The minimum Gasteiger partial charge on any atom is -1.00 e. The lowest BCUT2D eigenvalue weighted by Crippen LogP contribution is -3.00. The molecule has 4 aromatic rings. The molecule has 0 fully saturated rings. The van der Waals surface area contributed by atoms with Crippen molar-refractivity contribution in [3.8, 4) is 0 Å². The summed E-state index contributed by atoms with van der Waals surface area (Å²) in [4.78, 5) is 7.97. The number of fused-ring (bicyclic) bond motifs is 2. The minimum atomic E-state index is 0. The Morgan fingerprint density at radius 3 is 2.52 bits per heavy atom. The molecule has 21 heavy (non-hydrogen) atoms. The lowest BCUT2D eigenvalue weighted by atomic mass is 10.2. The van der Waals surface area contributed by atoms with Crippen molar-refractivity contribution in [2.24, 2.45) is 0 Å². The molecule has 2 aromatic heterocycles. The molecule has 1 N–H and O–H groups in total. The van der Waals surface area contributed by atoms with Crippen LogP contribution in [0.5, 0.6) is 0 Å². The van der Waals surface area contributed by atoms with Crippen molar-refractivity contribution in [2.45, 2.75) is 6.54 Å². The lowest BCUT2D eigenvalue weighted by molar-refractivity contribution is -0.688. The quantitative estimate of drug-likeness (QED) is 0.383. The summed E-state index contributed by atoms with van der Waals surface area (Å²) >= 11 is 0. The maximum absolute atomic E-state index is 4.61. The first-order valence-electron chi connectivity index (χ1n) is 6.70. The highest BCUT2D eigenvalue weighted by molar-refractivity contribution is 5.80. The number of imidazole rings is 1. The molecule has 0 aliphatic heterocycles. The second-order valence-electron chi connectivity index (χ2n) is 4.95. The van der Waals surface area contributed by atoms with E-state index in [9.17, 15) is 0 Å². The third-order valence-corrected chi connectivity index (χ3v) is 3.52. The summed E-state index contributed by atoms with van der Waals surface area (Å²) in [7, 11) is 0. The molecule has 0 spiro atoms. The monoisotopic (exact) mass is 387 g/mol. The van der Waals surface area contributed by atoms with E-state index in [1.165, 1.54) is 10.8 Å². The summed E-state index contributed by atoms with van der Waals surface area (Å²) < 4.78 is 2.15. The molecule has 0 radical (unpaired) electrons. The number of nitrogens with one attached hydrogen (secondary N) is 1. The number of nitrogens with zero attached hydrogens (tertiary/aromatic N) is 2. The van der Waals surface area contributed by atoms with Gasteiger partial charge in [-0.25, -0.2) is 4.98 Å². The molecule has 0 saturated heterocycles. The number of benzene rings is 2. The Hall–Kier alpha value is -1.95. The van der Waals surface area contributed by atoms with Crippen LogP contribution in [0.4, 0.5) is 0 Å². The lowest BCUT2D eigenvalue weighted by Gasteiger charge is -1.97. The van der Waals surface area contributed by atoms with Crippen molar-refractivity contribution in [3.05, 3.63) is 72.8 Å². The Balaban J connectivity index is 0.00000132. The van der Waals surface area contributed by atoms with Crippen LogP contribution in [-0.4, -0.2) is 9.97 Å². The zero-order valence-corrected chi connectivity index (χ0v) is 13.5. The first-order chi connectivity index (χ1) is 9.88. The van der Waals surface area contributed by atoms with Gasteiger partial charge in [0.1, 0.15) is 0 Å². The number of para-hydroxylation sites is 2. The van der Waals surface area contributed by atoms with Gasteiger partial charge in [0.05, 0.1) is 11.0 Å². The van der Waals surface area contributed by atoms with Gasteiger partial charge in [-0.2, -0.15) is 4.57 Å². The van der Waals surface area contributed by atoms with E-state index in [1.807, 2.05) is 18.2 Å². The van der Waals surface area contributed by atoms with E-state index in [2.05, 4.69) is 63.3 Å². The topological polar surface area (TPSA) is 32.6 Å². The van der Waals surface area contributed by atoms with Crippen molar-refractivity contribution < 1.29 is 28.5 Å². The zero-order chi connectivity index (χ0) is 13.4. The summed E-state index contributed by atoms with van der Waals surface area (Å²) in [6, 6.07) is 18.6. The highest BCUT2D eigenvalue weighted by atomic mass is 127. The first-order valence-corrected chi connectivity index (χ1v) is 6.70. The number of aromatic nitrogens is 3. The van der Waals surface area contributed by atoms with Crippen LogP contribution in [0, 0.1) is 0 Å². The van der Waals surface area contributed by atoms with Gasteiger partial charge in [0.2, 0.25) is 6.54 Å². The Bertz CT molecular complexity index is 865. The fourth-order valence-corrected chi connectivity index (χ4v) is 2.53. The average molecular weight is 387 g/mol. The Morgan fingerprint density at radius 2 is 1.67 bits per heavy atom. The normalized spacial score (nSPS) is 10.7. The molecule has 2 heterocycles. The van der Waals surface area contributed by atoms with Crippen molar-refractivity contribution in [3.63, 3.8) is 0 Å². The number of aromatic amines is 1. The van der Waals surface area contributed by atoms with Crippen molar-refractivity contribution >= 4 is 21.8 Å². The minimum absolute atomic E-state index is 0. The smallest absolute Gasteiger partial charge is 0.205 e. The second-order valence-corrected chi connectivity index (χ2v) is 4.95. The van der Waals surface area contributed by atoms with Gasteiger partial charge in [-0.3, -0.25) is 0 Å². The second kappa shape index (κ2) is 5.81. The predicted molar refractivity (Wildman–Crippen MR) is 79.3 cm³/mol. The van der Waals surface area contributed by atoms with Gasteiger partial charge in [0, 0.05) is 11.5 Å². The molecule has 0 aliphatic carbocycles. The summed E-state index contributed by atoms with van der Waals surface area (Å²) in [5, 5.41) is 2.50. The Labute approximate surface area is 139 Å². The van der Waals surface area contributed by atoms with Crippen LogP contribution >= 0.6 is 0 Å². The van der Waals surface area contributed by atoms with E-state index < -0.39 is 0 Å². The van der Waals surface area contributed by atoms with Gasteiger partial charge in [-0.05, 0) is 23.6 Å². The van der Waals surface area contributed by atoms with Crippen molar-refractivity contribution in [1.29, 1.82) is 0 Å². The van der Waals surface area contributed by atoms with Crippen LogP contribution in [0.3, 0.4) is 0 Å². The fourth-order valence-electron chi connectivity index (χ4n) is 2.53. The van der Waals surface area contributed by atoms with Crippen LogP contribution in [0.15, 0.2) is 67.0 Å². The molecule has 4 heteroatoms. The summed E-state index contributed by atoms with van der Waals surface area (Å²) in [6.07, 6.45) is 4.25. The van der Waals surface area contributed by atoms with E-state index in [-0.39, 0.29) is 24.0 Å². The summed E-state index contributed by atoms with van der Waals surface area (Å²) in [6.45, 7) is 0.750. The SMILES string of the molecule is [I-].c1ccc2c[n+](Cc3nc4ccccc4[nH]3)ccc2c1. The average Bonchev–Trinajstić information content (AvgIpc) is 2.89. The molecule has 3 nitrogen and oxygen atoms in total. The number of pyridine rings is 1. The van der Waals surface area contributed by atoms with E-state index in [0.717, 1.165) is 23.4 Å². The molecule has 0 atom stereocenters. The van der Waals surface area contributed by atoms with Crippen LogP contribution in [0.25, 0.3) is 21.8 Å². The van der Waals surface area contributed by atoms with E-state index in [4.69, 9.17) is 0 Å². The Morgan fingerprint density at radius 1 is 0.905 bits per heavy atom. The molecule has 0 aliphatic rings. The van der Waals surface area contributed by atoms with Gasteiger partial charge in [-0.1, -0.05) is 30.3 Å². The van der Waals surface area contributed by atoms with E-state index in [1.54, 1.807) is 0 Å². The molecule has 0 amide bonds. The maximum atomic E-state index is 4.61. The van der Waals surface area contributed by atoms with Gasteiger partial charge in [0.15, 0.2) is 18.2 Å². The van der Waals surface area contributed by atoms with Crippen molar-refractivity contribution in [1.82, 2.24) is 9.97 Å². The zero-order valence-electron chi connectivity index (χ0n) is 11.3. The molecule has 104 valence electrons. The van der Waals surface area contributed by atoms with Gasteiger partial charge >= 0.3 is 0 Å². The van der Waals surface area contributed by atoms with Crippen LogP contribution in [0.1, 0.15) is 5.82 Å². The molecular formula is C17H14IN3. The van der Waals surface area contributed by atoms with Crippen molar-refractivity contribution in [2.75, 3.05) is 0 Å². The third-order valence-electron chi connectivity index (χ3n) is 3.52. The summed E-state index contributed by atoms with van der Waals surface area (Å²) in [5.74, 6) is 0.978. The Kier molecular flexibility index (Phi) is 3.88. The third kappa shape index (κ3) is 2.76. The number of rotatable bonds is 2. The number of hydrogen-bond acceptors (Lipinski definition) is 1. The van der Waals surface area contributed by atoms with Gasteiger partial charge in [0.25, 0.3) is 0 Å². The van der Waals surface area contributed by atoms with Crippen LogP contribution in [-0.2, 0) is 6.54 Å². The number of H-pyrrole nitrogens is 1. The first kappa shape index (κ1) is 14.0. The molecule has 2 aromatic carbocycles. The number of hydrogen-bond donors (Lipinski definition) is 1. The maximum Gasteiger partial charge on any atom is 0.205 e. The number of halogens is 1. The molecular weight excluding hydrogens is 373 g/mol. The fraction of sp³-hybridized carbons (Fsp3) is 0.0588. The standard InChI is InChI=1S/C17H14N3.HI/c1-2-6-14-11-20(10-9-13(14)5-1)12-17-18-15-7-3-4-8-16(15)19-17;/h1-11H,12H2,(H,18,19);1H/q+1;/p-1. The van der Waals surface area contributed by atoms with Gasteiger partial charge < -0.3 is 29.0 Å². The molecule has 0 bridgehead atoms. The van der Waals surface area contributed by atoms with E-state index in [0.29, 0.717) is 0 Å². The van der Waals surface area contributed by atoms with Crippen LogP contribution in [0.2, 0.25) is 0 Å². The largest absolute Gasteiger partial charge is 1.00 e. The highest BCUT2D eigenvalue weighted by Crippen LogP contribution is 2.12. The van der Waals surface area contributed by atoms with E-state index >= 15 is 0 Å². The summed E-state index contributed by atoms with van der Waals surface area (Å²) in [5.41, 5.74) is 2.10.